The number of benzene rings is 2. The second kappa shape index (κ2) is 10.9. The molecule has 1 unspecified atom stereocenters. The molecule has 9 heteroatoms. The zero-order valence-corrected chi connectivity index (χ0v) is 19.2. The maximum absolute atomic E-state index is 13.8. The Kier molecular flexibility index (Phi) is 8.58. The minimum Gasteiger partial charge on any atom is -0.493 e. The zero-order valence-electron chi connectivity index (χ0n) is 17.0. The summed E-state index contributed by atoms with van der Waals surface area (Å²) in [6.07, 6.45) is 1.46. The van der Waals surface area contributed by atoms with Crippen LogP contribution in [-0.4, -0.2) is 38.3 Å². The fourth-order valence-electron chi connectivity index (χ4n) is 2.65. The molecule has 30 heavy (non-hydrogen) atoms. The van der Waals surface area contributed by atoms with Gasteiger partial charge in [0.05, 0.1) is 29.6 Å². The van der Waals surface area contributed by atoms with Gasteiger partial charge in [-0.3, -0.25) is 9.59 Å². The van der Waals surface area contributed by atoms with Crippen LogP contribution in [0.25, 0.3) is 0 Å². The molecule has 0 aromatic heterocycles. The number of hydrazone groups is 1. The standard InChI is InChI=1S/C21H23FIN3O4/c1-12(2)18(25-20(27)14-7-5-6-8-15(14)22)21(28)26-24-11-13-9-16(23)19(30-4)17(10-13)29-3/h5-12,18H,1-4H3,(H,25,27)(H,26,28). The summed E-state index contributed by atoms with van der Waals surface area (Å²) in [6, 6.07) is 8.23. The Balaban J connectivity index is 2.10. The second-order valence-electron chi connectivity index (χ2n) is 6.65. The minimum atomic E-state index is -0.889. The number of carbonyl (C=O) groups excluding carboxylic acids is 2. The molecule has 0 aliphatic heterocycles. The summed E-state index contributed by atoms with van der Waals surface area (Å²) in [7, 11) is 3.08. The van der Waals surface area contributed by atoms with E-state index in [2.05, 4.69) is 38.4 Å². The van der Waals surface area contributed by atoms with Crippen LogP contribution in [0.4, 0.5) is 4.39 Å². The van der Waals surface area contributed by atoms with Crippen molar-refractivity contribution in [2.45, 2.75) is 19.9 Å². The fraction of sp³-hybridized carbons (Fsp3) is 0.286. The third-order valence-corrected chi connectivity index (χ3v) is 5.00. The number of hydrogen-bond donors (Lipinski definition) is 2. The molecule has 0 saturated carbocycles. The highest BCUT2D eigenvalue weighted by Crippen LogP contribution is 2.33. The van der Waals surface area contributed by atoms with Crippen molar-refractivity contribution in [3.05, 3.63) is 56.9 Å². The van der Waals surface area contributed by atoms with Gasteiger partial charge in [0.2, 0.25) is 0 Å². The summed E-state index contributed by atoms with van der Waals surface area (Å²) in [6.45, 7) is 3.54. The molecule has 0 spiro atoms. The Morgan fingerprint density at radius 1 is 1.17 bits per heavy atom. The normalized spacial score (nSPS) is 12.0. The van der Waals surface area contributed by atoms with E-state index in [1.54, 1.807) is 33.1 Å². The van der Waals surface area contributed by atoms with Gasteiger partial charge in [-0.15, -0.1) is 0 Å². The summed E-state index contributed by atoms with van der Waals surface area (Å²) < 4.78 is 25.2. The van der Waals surface area contributed by atoms with Crippen molar-refractivity contribution >= 4 is 40.6 Å². The van der Waals surface area contributed by atoms with E-state index in [4.69, 9.17) is 9.47 Å². The van der Waals surface area contributed by atoms with Crippen molar-refractivity contribution < 1.29 is 23.5 Å². The summed E-state index contributed by atoms with van der Waals surface area (Å²) in [4.78, 5) is 24.9. The predicted molar refractivity (Wildman–Crippen MR) is 120 cm³/mol. The lowest BCUT2D eigenvalue weighted by Gasteiger charge is -2.20. The molecule has 0 radical (unpaired) electrons. The van der Waals surface area contributed by atoms with E-state index < -0.39 is 23.7 Å². The molecular weight excluding hydrogens is 504 g/mol. The molecule has 2 aromatic rings. The van der Waals surface area contributed by atoms with Gasteiger partial charge in [0.1, 0.15) is 11.9 Å². The fourth-order valence-corrected chi connectivity index (χ4v) is 3.50. The van der Waals surface area contributed by atoms with Crippen LogP contribution in [-0.2, 0) is 4.79 Å². The number of halogens is 2. The molecule has 0 saturated heterocycles. The van der Waals surface area contributed by atoms with Crippen LogP contribution in [0.3, 0.4) is 0 Å². The van der Waals surface area contributed by atoms with Crippen molar-refractivity contribution in [1.82, 2.24) is 10.7 Å². The molecule has 2 N–H and O–H groups in total. The Morgan fingerprint density at radius 3 is 2.47 bits per heavy atom. The van der Waals surface area contributed by atoms with Crippen molar-refractivity contribution in [3.8, 4) is 11.5 Å². The summed E-state index contributed by atoms with van der Waals surface area (Å²) >= 11 is 2.11. The molecule has 2 aromatic carbocycles. The SMILES string of the molecule is COc1cc(C=NNC(=O)C(NC(=O)c2ccccc2F)C(C)C)cc(I)c1OC. The van der Waals surface area contributed by atoms with Gasteiger partial charge >= 0.3 is 0 Å². The van der Waals surface area contributed by atoms with E-state index in [0.717, 1.165) is 3.57 Å². The van der Waals surface area contributed by atoms with E-state index in [-0.39, 0.29) is 11.5 Å². The Hall–Kier alpha value is -2.69. The number of hydrogen-bond acceptors (Lipinski definition) is 5. The topological polar surface area (TPSA) is 89.0 Å². The van der Waals surface area contributed by atoms with Crippen molar-refractivity contribution in [3.63, 3.8) is 0 Å². The van der Waals surface area contributed by atoms with E-state index in [0.29, 0.717) is 17.1 Å². The first-order valence-electron chi connectivity index (χ1n) is 9.08. The number of rotatable bonds is 8. The van der Waals surface area contributed by atoms with Crippen molar-refractivity contribution in [2.24, 2.45) is 11.0 Å². The average Bonchev–Trinajstić information content (AvgIpc) is 2.71. The van der Waals surface area contributed by atoms with Crippen LogP contribution in [0.15, 0.2) is 41.5 Å². The number of amides is 2. The largest absolute Gasteiger partial charge is 0.493 e. The lowest BCUT2D eigenvalue weighted by atomic mass is 10.0. The molecule has 7 nitrogen and oxygen atoms in total. The first-order valence-corrected chi connectivity index (χ1v) is 10.2. The average molecular weight is 527 g/mol. The van der Waals surface area contributed by atoms with Crippen LogP contribution < -0.4 is 20.2 Å². The maximum Gasteiger partial charge on any atom is 0.262 e. The highest BCUT2D eigenvalue weighted by molar-refractivity contribution is 14.1. The van der Waals surface area contributed by atoms with Gasteiger partial charge in [0, 0.05) is 0 Å². The minimum absolute atomic E-state index is 0.126. The van der Waals surface area contributed by atoms with Crippen molar-refractivity contribution in [1.29, 1.82) is 0 Å². The van der Waals surface area contributed by atoms with Crippen LogP contribution in [0.5, 0.6) is 11.5 Å². The quantitative estimate of drug-likeness (QED) is 0.313. The summed E-state index contributed by atoms with van der Waals surface area (Å²) in [5.74, 6) is -0.928. The van der Waals surface area contributed by atoms with E-state index in [1.165, 1.54) is 31.5 Å². The van der Waals surface area contributed by atoms with Gasteiger partial charge in [0.15, 0.2) is 11.5 Å². The number of methoxy groups -OCH3 is 2. The Bertz CT molecular complexity index is 950. The monoisotopic (exact) mass is 527 g/mol. The second-order valence-corrected chi connectivity index (χ2v) is 7.81. The predicted octanol–water partition coefficient (Wildman–Crippen LogP) is 3.35. The van der Waals surface area contributed by atoms with E-state index in [9.17, 15) is 14.0 Å². The third kappa shape index (κ3) is 5.91. The van der Waals surface area contributed by atoms with E-state index in [1.807, 2.05) is 6.07 Å². The molecule has 0 aliphatic carbocycles. The smallest absolute Gasteiger partial charge is 0.262 e. The lowest BCUT2D eigenvalue weighted by molar-refractivity contribution is -0.123. The molecule has 0 bridgehead atoms. The summed E-state index contributed by atoms with van der Waals surface area (Å²) in [5.41, 5.74) is 2.98. The van der Waals surface area contributed by atoms with Gasteiger partial charge < -0.3 is 14.8 Å². The highest BCUT2D eigenvalue weighted by atomic mass is 127. The zero-order chi connectivity index (χ0) is 22.3. The molecule has 160 valence electrons. The number of nitrogens with one attached hydrogen (secondary N) is 2. The van der Waals surface area contributed by atoms with Crippen LogP contribution in [0.2, 0.25) is 0 Å². The molecule has 2 rings (SSSR count). The van der Waals surface area contributed by atoms with Crippen LogP contribution in [0.1, 0.15) is 29.8 Å². The van der Waals surface area contributed by atoms with E-state index >= 15 is 0 Å². The van der Waals surface area contributed by atoms with Gasteiger partial charge in [-0.25, -0.2) is 9.82 Å². The summed E-state index contributed by atoms with van der Waals surface area (Å²) in [5, 5.41) is 6.53. The Morgan fingerprint density at radius 2 is 1.87 bits per heavy atom. The molecule has 0 heterocycles. The van der Waals surface area contributed by atoms with Crippen LogP contribution >= 0.6 is 22.6 Å². The molecule has 0 aliphatic rings. The number of carbonyl (C=O) groups is 2. The highest BCUT2D eigenvalue weighted by Gasteiger charge is 2.25. The van der Waals surface area contributed by atoms with Gasteiger partial charge in [-0.1, -0.05) is 26.0 Å². The maximum atomic E-state index is 13.8. The third-order valence-electron chi connectivity index (χ3n) is 4.20. The van der Waals surface area contributed by atoms with Gasteiger partial charge in [-0.05, 0) is 58.3 Å². The van der Waals surface area contributed by atoms with Gasteiger partial charge in [0.25, 0.3) is 11.8 Å². The first-order chi connectivity index (χ1) is 14.3. The molecular formula is C21H23FIN3O4. The Labute approximate surface area is 188 Å². The first kappa shape index (κ1) is 23.6. The van der Waals surface area contributed by atoms with Crippen LogP contribution in [0, 0.1) is 15.3 Å². The lowest BCUT2D eigenvalue weighted by Crippen LogP contribution is -2.48. The number of ether oxygens (including phenoxy) is 2. The van der Waals surface area contributed by atoms with Gasteiger partial charge in [-0.2, -0.15) is 5.10 Å². The molecule has 2 amide bonds. The van der Waals surface area contributed by atoms with Crippen molar-refractivity contribution in [2.75, 3.05) is 14.2 Å². The number of nitrogens with zero attached hydrogens (tertiary/aromatic N) is 1. The molecule has 1 atom stereocenters. The molecule has 0 fully saturated rings.